The van der Waals surface area contributed by atoms with Crippen molar-refractivity contribution in [3.05, 3.63) is 106 Å². The van der Waals surface area contributed by atoms with Crippen LogP contribution in [-0.4, -0.2) is 19.8 Å². The molecule has 0 bridgehead atoms. The predicted octanol–water partition coefficient (Wildman–Crippen LogP) is 2.33. The molecule has 0 saturated carbocycles. The van der Waals surface area contributed by atoms with Crippen LogP contribution in [0.2, 0.25) is 0 Å². The summed E-state index contributed by atoms with van der Waals surface area (Å²) in [5.41, 5.74) is 11.4. The van der Waals surface area contributed by atoms with E-state index in [2.05, 4.69) is 114 Å². The standard InChI is InChI=1S/C30H31BOSi/c1-19-15-21(3)29(22(4)16-19)31-25-11-7-9-13-27(25)33(32,28-14-10-8-12-26(28)31)30-23(5)17-20(2)18-24(30)6/h7-18,32H,1-6H3. The molecule has 0 amide bonds. The average Bonchev–Trinajstić information content (AvgIpc) is 2.75. The fourth-order valence-electron chi connectivity index (χ4n) is 6.45. The van der Waals surface area contributed by atoms with Crippen molar-refractivity contribution in [3.63, 3.8) is 0 Å². The fourth-order valence-corrected chi connectivity index (χ4v) is 10.5. The van der Waals surface area contributed by atoms with Crippen molar-refractivity contribution in [1.82, 2.24) is 0 Å². The van der Waals surface area contributed by atoms with E-state index < -0.39 is 8.32 Å². The first-order valence-corrected chi connectivity index (χ1v) is 13.8. The third kappa shape index (κ3) is 3.26. The Morgan fingerprint density at radius 2 is 0.970 bits per heavy atom. The molecule has 0 saturated heterocycles. The van der Waals surface area contributed by atoms with Crippen molar-refractivity contribution in [2.45, 2.75) is 41.5 Å². The van der Waals surface area contributed by atoms with Gasteiger partial charge in [-0.3, -0.25) is 0 Å². The Bertz CT molecular complexity index is 1310. The second-order valence-corrected chi connectivity index (χ2v) is 12.9. The maximum absolute atomic E-state index is 12.9. The Labute approximate surface area is 199 Å². The monoisotopic (exact) mass is 446 g/mol. The zero-order valence-electron chi connectivity index (χ0n) is 20.5. The minimum atomic E-state index is -3.19. The Kier molecular flexibility index (Phi) is 5.23. The number of fused-ring (bicyclic) bond motifs is 2. The molecule has 5 rings (SSSR count). The quantitative estimate of drug-likeness (QED) is 0.469. The molecule has 0 atom stereocenters. The smallest absolute Gasteiger partial charge is 0.285 e. The number of benzene rings is 4. The average molecular weight is 446 g/mol. The molecule has 4 aromatic rings. The van der Waals surface area contributed by atoms with Crippen LogP contribution in [0.25, 0.3) is 0 Å². The topological polar surface area (TPSA) is 20.2 Å². The molecule has 0 aromatic heterocycles. The van der Waals surface area contributed by atoms with Crippen molar-refractivity contribution in [3.8, 4) is 0 Å². The largest absolute Gasteiger partial charge is 0.421 e. The summed E-state index contributed by atoms with van der Waals surface area (Å²) < 4.78 is 0. The Balaban J connectivity index is 1.90. The van der Waals surface area contributed by atoms with Crippen LogP contribution in [0.1, 0.15) is 33.4 Å². The summed E-state index contributed by atoms with van der Waals surface area (Å²) >= 11 is 0. The van der Waals surface area contributed by atoms with Crippen LogP contribution < -0.4 is 31.9 Å². The van der Waals surface area contributed by atoms with E-state index in [0.29, 0.717) is 0 Å². The van der Waals surface area contributed by atoms with E-state index in [1.807, 2.05) is 0 Å². The van der Waals surface area contributed by atoms with Gasteiger partial charge in [-0.2, -0.15) is 0 Å². The lowest BCUT2D eigenvalue weighted by Gasteiger charge is -2.40. The molecule has 164 valence electrons. The molecule has 1 aliphatic heterocycles. The van der Waals surface area contributed by atoms with Crippen LogP contribution in [-0.2, 0) is 0 Å². The van der Waals surface area contributed by atoms with Crippen LogP contribution in [0.5, 0.6) is 0 Å². The van der Waals surface area contributed by atoms with Gasteiger partial charge >= 0.3 is 0 Å². The molecule has 0 spiro atoms. The molecule has 3 heteroatoms. The summed E-state index contributed by atoms with van der Waals surface area (Å²) in [6, 6.07) is 26.3. The summed E-state index contributed by atoms with van der Waals surface area (Å²) in [6.07, 6.45) is 0. The van der Waals surface area contributed by atoms with E-state index in [0.717, 1.165) is 15.6 Å². The van der Waals surface area contributed by atoms with E-state index in [9.17, 15) is 4.80 Å². The molecule has 33 heavy (non-hydrogen) atoms. The molecule has 1 nitrogen and oxygen atoms in total. The third-order valence-corrected chi connectivity index (χ3v) is 11.4. The lowest BCUT2D eigenvalue weighted by molar-refractivity contribution is 0.583. The first-order chi connectivity index (χ1) is 15.7. The van der Waals surface area contributed by atoms with Crippen molar-refractivity contribution >= 4 is 47.0 Å². The maximum atomic E-state index is 12.9. The molecule has 1 N–H and O–H groups in total. The molecule has 1 heterocycles. The lowest BCUT2D eigenvalue weighted by atomic mass is 9.35. The van der Waals surface area contributed by atoms with Gasteiger partial charge in [0.1, 0.15) is 0 Å². The number of hydrogen-bond donors (Lipinski definition) is 1. The summed E-state index contributed by atoms with van der Waals surface area (Å²) in [7, 11) is -3.19. The molecule has 4 aromatic carbocycles. The molecule has 0 unspecified atom stereocenters. The highest BCUT2D eigenvalue weighted by atomic mass is 28.4. The van der Waals surface area contributed by atoms with Crippen LogP contribution in [0, 0.1) is 41.5 Å². The summed E-state index contributed by atoms with van der Waals surface area (Å²) in [5, 5.41) is 3.40. The molecular formula is C30H31BOSi. The number of rotatable bonds is 2. The van der Waals surface area contributed by atoms with Gasteiger partial charge in [0.05, 0.1) is 0 Å². The van der Waals surface area contributed by atoms with Gasteiger partial charge in [0.2, 0.25) is 6.71 Å². The van der Waals surface area contributed by atoms with Gasteiger partial charge in [-0.05, 0) is 68.2 Å². The summed E-state index contributed by atoms with van der Waals surface area (Å²) in [6.45, 7) is 13.2. The second kappa shape index (κ2) is 7.86. The van der Waals surface area contributed by atoms with E-state index >= 15 is 0 Å². The first-order valence-electron chi connectivity index (χ1n) is 11.8. The molecule has 1 aliphatic rings. The SMILES string of the molecule is Cc1cc(C)c(B2c3ccccc3[Si](O)(c3c(C)cc(C)cc3C)c3ccccc32)c(C)c1. The molecule has 0 aliphatic carbocycles. The minimum Gasteiger partial charge on any atom is -0.421 e. The van der Waals surface area contributed by atoms with Gasteiger partial charge in [-0.15, -0.1) is 0 Å². The van der Waals surface area contributed by atoms with Crippen molar-refractivity contribution < 1.29 is 4.80 Å². The molecule has 0 radical (unpaired) electrons. The van der Waals surface area contributed by atoms with Gasteiger partial charge in [0.15, 0.2) is 0 Å². The highest BCUT2D eigenvalue weighted by molar-refractivity contribution is 7.17. The summed E-state index contributed by atoms with van der Waals surface area (Å²) in [4.78, 5) is 12.9. The van der Waals surface area contributed by atoms with Crippen molar-refractivity contribution in [1.29, 1.82) is 0 Å². The van der Waals surface area contributed by atoms with Crippen LogP contribution in [0.3, 0.4) is 0 Å². The van der Waals surface area contributed by atoms with Gasteiger partial charge in [0, 0.05) is 0 Å². The van der Waals surface area contributed by atoms with E-state index in [1.54, 1.807) is 0 Å². The Morgan fingerprint density at radius 1 is 0.576 bits per heavy atom. The molecular weight excluding hydrogens is 415 g/mol. The van der Waals surface area contributed by atoms with Gasteiger partial charge in [-0.25, -0.2) is 0 Å². The van der Waals surface area contributed by atoms with E-state index in [1.165, 1.54) is 49.8 Å². The maximum Gasteiger partial charge on any atom is 0.285 e. The Hall–Kier alpha value is -2.88. The third-order valence-electron chi connectivity index (χ3n) is 7.39. The second-order valence-electron chi connectivity index (χ2n) is 9.90. The van der Waals surface area contributed by atoms with Gasteiger partial charge in [0.25, 0.3) is 8.32 Å². The van der Waals surface area contributed by atoms with Crippen molar-refractivity contribution in [2.24, 2.45) is 0 Å². The van der Waals surface area contributed by atoms with Gasteiger partial charge in [-0.1, -0.05) is 111 Å². The van der Waals surface area contributed by atoms with Crippen LogP contribution in [0.4, 0.5) is 0 Å². The number of hydrogen-bond acceptors (Lipinski definition) is 1. The number of aryl methyl sites for hydroxylation is 6. The highest BCUT2D eigenvalue weighted by Gasteiger charge is 2.49. The van der Waals surface area contributed by atoms with Crippen LogP contribution in [0.15, 0.2) is 72.8 Å². The fraction of sp³-hybridized carbons (Fsp3) is 0.200. The van der Waals surface area contributed by atoms with Gasteiger partial charge < -0.3 is 4.80 Å². The Morgan fingerprint density at radius 3 is 1.42 bits per heavy atom. The zero-order chi connectivity index (χ0) is 23.5. The zero-order valence-corrected chi connectivity index (χ0v) is 21.5. The highest BCUT2D eigenvalue weighted by Crippen LogP contribution is 2.16. The van der Waals surface area contributed by atoms with Crippen LogP contribution >= 0.6 is 0 Å². The van der Waals surface area contributed by atoms with Crippen molar-refractivity contribution in [2.75, 3.05) is 0 Å². The first kappa shape index (κ1) is 21.9. The predicted molar refractivity (Wildman–Crippen MR) is 146 cm³/mol. The van der Waals surface area contributed by atoms with E-state index in [-0.39, 0.29) is 6.71 Å². The lowest BCUT2D eigenvalue weighted by Crippen LogP contribution is -2.83. The minimum absolute atomic E-state index is 0.122. The molecule has 0 fully saturated rings. The van der Waals surface area contributed by atoms with E-state index in [4.69, 9.17) is 0 Å². The summed E-state index contributed by atoms with van der Waals surface area (Å²) in [5.74, 6) is 0. The normalized spacial score (nSPS) is 14.1.